The molecule has 4 rings (SSSR count). The monoisotopic (exact) mass is 359 g/mol. The van der Waals surface area contributed by atoms with Gasteiger partial charge in [-0.1, -0.05) is 0 Å². The van der Waals surface area contributed by atoms with Gasteiger partial charge < -0.3 is 4.57 Å². The lowest BCUT2D eigenvalue weighted by atomic mass is 10.1. The third-order valence-electron chi connectivity index (χ3n) is 4.89. The number of halogens is 1. The van der Waals surface area contributed by atoms with E-state index in [2.05, 4.69) is 15.6 Å². The van der Waals surface area contributed by atoms with E-state index in [1.807, 2.05) is 12.1 Å². The molecule has 5 nitrogen and oxygen atoms in total. The Hall–Kier alpha value is -2.25. The van der Waals surface area contributed by atoms with E-state index in [-0.39, 0.29) is 10.9 Å². The first-order chi connectivity index (χ1) is 12.0. The van der Waals surface area contributed by atoms with Crippen molar-refractivity contribution in [1.29, 1.82) is 0 Å². The van der Waals surface area contributed by atoms with E-state index >= 15 is 0 Å². The average molecular weight is 359 g/mol. The number of pyridine rings is 1. The standard InChI is InChI=1S/C18H18FN3O2S/c1-21(25(23,24)16-8-4-13(19)5-9-16)15-7-6-14-11-17-18(22(14)12-15)3-2-10-20-17/h2-5,8-11,15H,6-7,12H2,1H3. The van der Waals surface area contributed by atoms with Crippen LogP contribution in [-0.4, -0.2) is 35.4 Å². The smallest absolute Gasteiger partial charge is 0.243 e. The molecule has 130 valence electrons. The molecular weight excluding hydrogens is 341 g/mol. The summed E-state index contributed by atoms with van der Waals surface area (Å²) in [6, 6.07) is 10.8. The molecule has 1 aliphatic rings. The summed E-state index contributed by atoms with van der Waals surface area (Å²) in [7, 11) is -2.06. The van der Waals surface area contributed by atoms with Gasteiger partial charge in [0.05, 0.1) is 15.9 Å². The molecule has 0 saturated carbocycles. The van der Waals surface area contributed by atoms with Crippen LogP contribution < -0.4 is 0 Å². The number of hydrogen-bond donors (Lipinski definition) is 0. The van der Waals surface area contributed by atoms with Crippen LogP contribution in [0.25, 0.3) is 11.0 Å². The van der Waals surface area contributed by atoms with Crippen LogP contribution in [0.1, 0.15) is 12.1 Å². The largest absolute Gasteiger partial charge is 0.342 e. The number of hydrogen-bond acceptors (Lipinski definition) is 3. The predicted molar refractivity (Wildman–Crippen MR) is 93.2 cm³/mol. The van der Waals surface area contributed by atoms with Crippen molar-refractivity contribution in [1.82, 2.24) is 13.9 Å². The second-order valence-electron chi connectivity index (χ2n) is 6.32. The first-order valence-corrected chi connectivity index (χ1v) is 9.57. The van der Waals surface area contributed by atoms with E-state index in [1.165, 1.54) is 34.3 Å². The SMILES string of the molecule is CN(C1CCc2cc3ncccc3n2C1)S(=O)(=O)c1ccc(F)cc1. The molecule has 1 aromatic carbocycles. The number of benzene rings is 1. The second-order valence-corrected chi connectivity index (χ2v) is 8.32. The molecule has 2 aromatic heterocycles. The molecule has 7 heteroatoms. The maximum Gasteiger partial charge on any atom is 0.243 e. The zero-order valence-corrected chi connectivity index (χ0v) is 14.6. The van der Waals surface area contributed by atoms with Crippen molar-refractivity contribution in [3.8, 4) is 0 Å². The maximum atomic E-state index is 13.1. The highest BCUT2D eigenvalue weighted by atomic mass is 32.2. The van der Waals surface area contributed by atoms with Crippen molar-refractivity contribution in [3.05, 3.63) is 60.2 Å². The van der Waals surface area contributed by atoms with E-state index < -0.39 is 15.8 Å². The Balaban J connectivity index is 1.65. The Bertz CT molecular complexity index is 1030. The van der Waals surface area contributed by atoms with Gasteiger partial charge in [0.15, 0.2) is 0 Å². The van der Waals surface area contributed by atoms with Crippen molar-refractivity contribution >= 4 is 21.1 Å². The highest BCUT2D eigenvalue weighted by Gasteiger charge is 2.31. The van der Waals surface area contributed by atoms with Gasteiger partial charge in [-0.05, 0) is 55.3 Å². The van der Waals surface area contributed by atoms with Crippen molar-refractivity contribution < 1.29 is 12.8 Å². The molecule has 0 radical (unpaired) electrons. The molecule has 1 aliphatic heterocycles. The number of aryl methyl sites for hydroxylation is 1. The van der Waals surface area contributed by atoms with Crippen molar-refractivity contribution in [2.75, 3.05) is 7.05 Å². The van der Waals surface area contributed by atoms with E-state index in [0.717, 1.165) is 23.9 Å². The Kier molecular flexibility index (Phi) is 3.85. The predicted octanol–water partition coefficient (Wildman–Crippen LogP) is 2.81. The third-order valence-corrected chi connectivity index (χ3v) is 6.81. The fourth-order valence-corrected chi connectivity index (χ4v) is 4.82. The summed E-state index contributed by atoms with van der Waals surface area (Å²) in [5.41, 5.74) is 3.13. The lowest BCUT2D eigenvalue weighted by Crippen LogP contribution is -2.42. The van der Waals surface area contributed by atoms with Crippen molar-refractivity contribution in [3.63, 3.8) is 0 Å². The van der Waals surface area contributed by atoms with Gasteiger partial charge in [0.1, 0.15) is 5.82 Å². The van der Waals surface area contributed by atoms with Crippen LogP contribution in [0.2, 0.25) is 0 Å². The number of likely N-dealkylation sites (N-methyl/N-ethyl adjacent to an activating group) is 1. The number of fused-ring (bicyclic) bond motifs is 3. The molecule has 0 aliphatic carbocycles. The molecule has 3 aromatic rings. The van der Waals surface area contributed by atoms with Gasteiger partial charge in [-0.2, -0.15) is 4.31 Å². The van der Waals surface area contributed by atoms with Gasteiger partial charge in [0.2, 0.25) is 10.0 Å². The number of aromatic nitrogens is 2. The van der Waals surface area contributed by atoms with Crippen LogP contribution in [0.4, 0.5) is 4.39 Å². The Morgan fingerprint density at radius 1 is 1.24 bits per heavy atom. The minimum Gasteiger partial charge on any atom is -0.342 e. The molecule has 25 heavy (non-hydrogen) atoms. The summed E-state index contributed by atoms with van der Waals surface area (Å²) < 4.78 is 42.3. The number of sulfonamides is 1. The summed E-state index contributed by atoms with van der Waals surface area (Å²) in [6.45, 7) is 0.585. The van der Waals surface area contributed by atoms with E-state index in [9.17, 15) is 12.8 Å². The molecule has 0 amide bonds. The van der Waals surface area contributed by atoms with Gasteiger partial charge in [-0.3, -0.25) is 4.98 Å². The third kappa shape index (κ3) is 2.73. The zero-order chi connectivity index (χ0) is 17.6. The minimum absolute atomic E-state index is 0.112. The van der Waals surface area contributed by atoms with Crippen molar-refractivity contribution in [2.45, 2.75) is 30.3 Å². The first-order valence-electron chi connectivity index (χ1n) is 8.13. The van der Waals surface area contributed by atoms with Gasteiger partial charge in [-0.25, -0.2) is 12.8 Å². The topological polar surface area (TPSA) is 55.2 Å². The highest BCUT2D eigenvalue weighted by Crippen LogP contribution is 2.28. The van der Waals surface area contributed by atoms with E-state index in [0.29, 0.717) is 6.54 Å². The fourth-order valence-electron chi connectivity index (χ4n) is 3.44. The van der Waals surface area contributed by atoms with Gasteiger partial charge in [-0.15, -0.1) is 0 Å². The minimum atomic E-state index is -3.66. The summed E-state index contributed by atoms with van der Waals surface area (Å²) in [4.78, 5) is 4.48. The zero-order valence-electron chi connectivity index (χ0n) is 13.8. The fraction of sp³-hybridized carbons (Fsp3) is 0.278. The highest BCUT2D eigenvalue weighted by molar-refractivity contribution is 7.89. The lowest BCUT2D eigenvalue weighted by molar-refractivity contribution is 0.294. The Labute approximate surface area is 145 Å². The quantitative estimate of drug-likeness (QED) is 0.723. The van der Waals surface area contributed by atoms with Crippen LogP contribution in [-0.2, 0) is 23.0 Å². The van der Waals surface area contributed by atoms with Gasteiger partial charge >= 0.3 is 0 Å². The maximum absolute atomic E-state index is 13.1. The molecule has 1 atom stereocenters. The second kappa shape index (κ2) is 5.93. The van der Waals surface area contributed by atoms with E-state index in [1.54, 1.807) is 13.2 Å². The van der Waals surface area contributed by atoms with Gasteiger partial charge in [0.25, 0.3) is 0 Å². The first kappa shape index (κ1) is 16.2. The summed E-state index contributed by atoms with van der Waals surface area (Å²) in [5, 5.41) is 0. The van der Waals surface area contributed by atoms with E-state index in [4.69, 9.17) is 0 Å². The van der Waals surface area contributed by atoms with Crippen LogP contribution in [0, 0.1) is 5.82 Å². The average Bonchev–Trinajstić information content (AvgIpc) is 2.99. The molecule has 0 fully saturated rings. The van der Waals surface area contributed by atoms with Crippen molar-refractivity contribution in [2.24, 2.45) is 0 Å². The summed E-state index contributed by atoms with van der Waals surface area (Å²) >= 11 is 0. The van der Waals surface area contributed by atoms with Gasteiger partial charge in [0, 0.05) is 31.5 Å². The number of rotatable bonds is 3. The summed E-state index contributed by atoms with van der Waals surface area (Å²) in [6.07, 6.45) is 3.30. The van der Waals surface area contributed by atoms with Crippen LogP contribution in [0.5, 0.6) is 0 Å². The molecule has 0 spiro atoms. The molecule has 0 N–H and O–H groups in total. The Morgan fingerprint density at radius 3 is 2.76 bits per heavy atom. The molecule has 0 saturated heterocycles. The molecule has 0 bridgehead atoms. The lowest BCUT2D eigenvalue weighted by Gasteiger charge is -2.32. The molecule has 1 unspecified atom stereocenters. The Morgan fingerprint density at radius 2 is 2.00 bits per heavy atom. The summed E-state index contributed by atoms with van der Waals surface area (Å²) in [5.74, 6) is -0.449. The van der Waals surface area contributed by atoms with Crippen LogP contribution in [0.15, 0.2) is 53.6 Å². The molecular formula is C18H18FN3O2S. The van der Waals surface area contributed by atoms with Crippen LogP contribution in [0.3, 0.4) is 0 Å². The molecule has 3 heterocycles. The normalized spacial score (nSPS) is 17.8. The number of nitrogens with zero attached hydrogens (tertiary/aromatic N) is 3. The van der Waals surface area contributed by atoms with Crippen LogP contribution >= 0.6 is 0 Å².